The Morgan fingerprint density at radius 3 is 2.63 bits per heavy atom. The van der Waals surface area contributed by atoms with Gasteiger partial charge in [0, 0.05) is 46.4 Å². The number of likely N-dealkylation sites (tertiary alicyclic amines) is 1. The van der Waals surface area contributed by atoms with Crippen molar-refractivity contribution < 1.29 is 9.59 Å². The zero-order chi connectivity index (χ0) is 20.7. The summed E-state index contributed by atoms with van der Waals surface area (Å²) in [7, 11) is 0. The lowest BCUT2D eigenvalue weighted by Crippen LogP contribution is -2.37. The van der Waals surface area contributed by atoms with Crippen molar-refractivity contribution >= 4 is 22.6 Å². The molecule has 5 nitrogen and oxygen atoms in total. The molecule has 0 spiro atoms. The molecule has 1 aliphatic carbocycles. The summed E-state index contributed by atoms with van der Waals surface area (Å²) in [5.41, 5.74) is 5.11. The number of benzene rings is 2. The lowest BCUT2D eigenvalue weighted by molar-refractivity contribution is 0.0947. The first-order valence-corrected chi connectivity index (χ1v) is 10.7. The van der Waals surface area contributed by atoms with Crippen LogP contribution in [0.3, 0.4) is 0 Å². The third kappa shape index (κ3) is 3.19. The van der Waals surface area contributed by atoms with Gasteiger partial charge in [0.05, 0.1) is 5.52 Å². The number of piperidine rings is 1. The number of nitrogens with one attached hydrogen (secondary N) is 1. The van der Waals surface area contributed by atoms with Crippen LogP contribution >= 0.6 is 0 Å². The quantitative estimate of drug-likeness (QED) is 0.564. The molecule has 0 radical (unpaired) electrons. The fraction of sp³-hybridized carbons (Fsp3) is 0.320. The van der Waals surface area contributed by atoms with Gasteiger partial charge in [0.1, 0.15) is 0 Å². The fourth-order valence-corrected chi connectivity index (χ4v) is 4.78. The van der Waals surface area contributed by atoms with Crippen molar-refractivity contribution in [2.75, 3.05) is 26.2 Å². The van der Waals surface area contributed by atoms with Gasteiger partial charge in [-0.3, -0.25) is 14.6 Å². The predicted octanol–water partition coefficient (Wildman–Crippen LogP) is 3.97. The SMILES string of the molecule is Cc1cc2c3c(cccc3n1)C(=O)c1cccc(C(=O)NCCN3CCCCC3)c1-2. The molecule has 2 aliphatic rings. The van der Waals surface area contributed by atoms with E-state index >= 15 is 0 Å². The Hall–Kier alpha value is -3.05. The van der Waals surface area contributed by atoms with E-state index in [2.05, 4.69) is 15.2 Å². The van der Waals surface area contributed by atoms with Gasteiger partial charge in [-0.25, -0.2) is 0 Å². The predicted molar refractivity (Wildman–Crippen MR) is 118 cm³/mol. The number of aryl methyl sites for hydroxylation is 1. The number of nitrogens with zero attached hydrogens (tertiary/aromatic N) is 2. The molecular weight excluding hydrogens is 374 g/mol. The largest absolute Gasteiger partial charge is 0.351 e. The lowest BCUT2D eigenvalue weighted by Gasteiger charge is -2.26. The zero-order valence-corrected chi connectivity index (χ0v) is 17.2. The van der Waals surface area contributed by atoms with Crippen molar-refractivity contribution in [3.63, 3.8) is 0 Å². The minimum Gasteiger partial charge on any atom is -0.351 e. The maximum Gasteiger partial charge on any atom is 0.251 e. The van der Waals surface area contributed by atoms with Crippen LogP contribution in [-0.4, -0.2) is 47.8 Å². The van der Waals surface area contributed by atoms with E-state index in [1.807, 2.05) is 43.3 Å². The van der Waals surface area contributed by atoms with Gasteiger partial charge in [-0.2, -0.15) is 0 Å². The van der Waals surface area contributed by atoms with E-state index in [4.69, 9.17) is 0 Å². The Kier molecular flexibility index (Phi) is 4.83. The molecule has 30 heavy (non-hydrogen) atoms. The summed E-state index contributed by atoms with van der Waals surface area (Å²) in [5, 5.41) is 3.92. The Morgan fingerprint density at radius 2 is 1.80 bits per heavy atom. The zero-order valence-electron chi connectivity index (χ0n) is 17.2. The molecule has 1 fully saturated rings. The molecule has 2 aromatic carbocycles. The third-order valence-electron chi connectivity index (χ3n) is 6.19. The number of carbonyl (C=O) groups excluding carboxylic acids is 2. The molecule has 1 aromatic heterocycles. The van der Waals surface area contributed by atoms with Crippen molar-refractivity contribution in [3.8, 4) is 11.1 Å². The first-order valence-electron chi connectivity index (χ1n) is 10.7. The monoisotopic (exact) mass is 399 g/mol. The molecule has 5 heteroatoms. The highest BCUT2D eigenvalue weighted by Gasteiger charge is 2.29. The number of hydrogen-bond acceptors (Lipinski definition) is 4. The van der Waals surface area contributed by atoms with Crippen LogP contribution in [0.2, 0.25) is 0 Å². The van der Waals surface area contributed by atoms with Crippen LogP contribution in [-0.2, 0) is 0 Å². The molecule has 3 aromatic rings. The maximum absolute atomic E-state index is 13.2. The first kappa shape index (κ1) is 18.9. The van der Waals surface area contributed by atoms with Crippen molar-refractivity contribution in [2.24, 2.45) is 0 Å². The average Bonchev–Trinajstić information content (AvgIpc) is 2.77. The van der Waals surface area contributed by atoms with Gasteiger partial charge in [-0.1, -0.05) is 30.7 Å². The summed E-state index contributed by atoms with van der Waals surface area (Å²) in [4.78, 5) is 33.3. The molecule has 1 saturated heterocycles. The highest BCUT2D eigenvalue weighted by Crippen LogP contribution is 2.41. The molecule has 2 heterocycles. The van der Waals surface area contributed by atoms with Gasteiger partial charge in [0.2, 0.25) is 0 Å². The smallest absolute Gasteiger partial charge is 0.251 e. The highest BCUT2D eigenvalue weighted by atomic mass is 16.1. The summed E-state index contributed by atoms with van der Waals surface area (Å²) in [6.07, 6.45) is 3.77. The molecule has 1 N–H and O–H groups in total. The van der Waals surface area contributed by atoms with Crippen molar-refractivity contribution in [2.45, 2.75) is 26.2 Å². The van der Waals surface area contributed by atoms with Gasteiger partial charge in [-0.05, 0) is 56.6 Å². The Bertz CT molecular complexity index is 1160. The molecule has 1 amide bonds. The lowest BCUT2D eigenvalue weighted by atomic mass is 9.81. The second-order valence-corrected chi connectivity index (χ2v) is 8.23. The molecule has 5 rings (SSSR count). The summed E-state index contributed by atoms with van der Waals surface area (Å²) < 4.78 is 0. The summed E-state index contributed by atoms with van der Waals surface area (Å²) in [6.45, 7) is 5.63. The van der Waals surface area contributed by atoms with Gasteiger partial charge >= 0.3 is 0 Å². The van der Waals surface area contributed by atoms with E-state index in [9.17, 15) is 9.59 Å². The standard InChI is InChI=1S/C25H25N3O2/c1-16-15-20-22-17(24(29)18-8-6-10-21(27-16)23(18)20)7-5-9-19(22)25(30)26-11-14-28-12-3-2-4-13-28/h5-10,15H,2-4,11-14H2,1H3,(H,26,30). The minimum absolute atomic E-state index is 0.0447. The van der Waals surface area contributed by atoms with Gasteiger partial charge < -0.3 is 10.2 Å². The second kappa shape index (κ2) is 7.65. The van der Waals surface area contributed by atoms with E-state index in [1.165, 1.54) is 19.3 Å². The van der Waals surface area contributed by atoms with E-state index < -0.39 is 0 Å². The highest BCUT2D eigenvalue weighted by molar-refractivity contribution is 6.27. The van der Waals surface area contributed by atoms with E-state index in [0.29, 0.717) is 23.2 Å². The summed E-state index contributed by atoms with van der Waals surface area (Å²) in [5.74, 6) is -0.171. The van der Waals surface area contributed by atoms with Crippen LogP contribution in [0, 0.1) is 6.92 Å². The summed E-state index contributed by atoms with van der Waals surface area (Å²) >= 11 is 0. The first-order chi connectivity index (χ1) is 14.6. The molecule has 152 valence electrons. The Morgan fingerprint density at radius 1 is 1.03 bits per heavy atom. The second-order valence-electron chi connectivity index (χ2n) is 8.23. The number of hydrogen-bond donors (Lipinski definition) is 1. The van der Waals surface area contributed by atoms with Crippen LogP contribution in [0.1, 0.15) is 51.2 Å². The number of pyridine rings is 1. The Labute approximate surface area is 176 Å². The number of carbonyl (C=O) groups is 2. The number of rotatable bonds is 4. The molecule has 1 aliphatic heterocycles. The Balaban J connectivity index is 1.51. The van der Waals surface area contributed by atoms with E-state index in [-0.39, 0.29) is 11.7 Å². The molecule has 0 saturated carbocycles. The topological polar surface area (TPSA) is 62.3 Å². The molecule has 0 bridgehead atoms. The third-order valence-corrected chi connectivity index (χ3v) is 6.19. The van der Waals surface area contributed by atoms with Crippen molar-refractivity contribution in [3.05, 3.63) is 64.8 Å². The minimum atomic E-state index is -0.126. The van der Waals surface area contributed by atoms with Crippen molar-refractivity contribution in [1.29, 1.82) is 0 Å². The fourth-order valence-electron chi connectivity index (χ4n) is 4.78. The number of amides is 1. The van der Waals surface area contributed by atoms with E-state index in [1.54, 1.807) is 6.07 Å². The van der Waals surface area contributed by atoms with Crippen LogP contribution < -0.4 is 5.32 Å². The van der Waals surface area contributed by atoms with E-state index in [0.717, 1.165) is 47.4 Å². The van der Waals surface area contributed by atoms with Gasteiger partial charge in [-0.15, -0.1) is 0 Å². The number of ketones is 1. The van der Waals surface area contributed by atoms with Gasteiger partial charge in [0.25, 0.3) is 5.91 Å². The van der Waals surface area contributed by atoms with Crippen LogP contribution in [0.5, 0.6) is 0 Å². The van der Waals surface area contributed by atoms with Crippen LogP contribution in [0.25, 0.3) is 22.0 Å². The maximum atomic E-state index is 13.2. The normalized spacial score (nSPS) is 15.8. The van der Waals surface area contributed by atoms with Crippen LogP contribution in [0.4, 0.5) is 0 Å². The average molecular weight is 399 g/mol. The number of fused-ring (bicyclic) bond motifs is 2. The summed E-state index contributed by atoms with van der Waals surface area (Å²) in [6, 6.07) is 13.1. The van der Waals surface area contributed by atoms with Crippen LogP contribution in [0.15, 0.2) is 42.5 Å². The van der Waals surface area contributed by atoms with Gasteiger partial charge in [0.15, 0.2) is 5.78 Å². The number of aromatic nitrogens is 1. The molecular formula is C25H25N3O2. The molecule has 0 atom stereocenters. The molecule has 0 unspecified atom stereocenters. The van der Waals surface area contributed by atoms with Crippen molar-refractivity contribution in [1.82, 2.24) is 15.2 Å².